The molecule has 1 fully saturated rings. The second-order valence-corrected chi connectivity index (χ2v) is 6.07. The van der Waals surface area contributed by atoms with Crippen LogP contribution in [0, 0.1) is 5.41 Å². The van der Waals surface area contributed by atoms with E-state index in [1.807, 2.05) is 19.1 Å². The number of rotatable bonds is 6. The van der Waals surface area contributed by atoms with E-state index in [0.717, 1.165) is 0 Å². The molecule has 1 heterocycles. The first-order valence-corrected chi connectivity index (χ1v) is 7.92. The van der Waals surface area contributed by atoms with E-state index in [1.54, 1.807) is 12.1 Å². The van der Waals surface area contributed by atoms with Gasteiger partial charge in [0.05, 0.1) is 17.0 Å². The van der Waals surface area contributed by atoms with Crippen LogP contribution in [0.3, 0.4) is 0 Å². The summed E-state index contributed by atoms with van der Waals surface area (Å²) < 4.78 is 11.1. The highest BCUT2D eigenvalue weighted by Crippen LogP contribution is 2.29. The fourth-order valence-corrected chi connectivity index (χ4v) is 2.69. The number of carbonyl (C=O) groups excluding carboxylic acids is 1. The molecular weight excluding hydrogens is 304 g/mol. The monoisotopic (exact) mass is 326 g/mol. The lowest BCUT2D eigenvalue weighted by Crippen LogP contribution is -2.50. The largest absolute Gasteiger partial charge is 0.487 e. The quantitative estimate of drug-likeness (QED) is 0.838. The summed E-state index contributed by atoms with van der Waals surface area (Å²) in [5.41, 5.74) is 5.31. The van der Waals surface area contributed by atoms with Crippen molar-refractivity contribution in [1.29, 1.82) is 0 Å². The predicted octanol–water partition coefficient (Wildman–Crippen LogP) is 1.98. The van der Waals surface area contributed by atoms with Gasteiger partial charge in [0, 0.05) is 19.8 Å². The third kappa shape index (κ3) is 4.12. The number of hydrogen-bond acceptors (Lipinski definition) is 4. The Morgan fingerprint density at radius 2 is 2.14 bits per heavy atom. The van der Waals surface area contributed by atoms with Crippen molar-refractivity contribution in [1.82, 2.24) is 5.32 Å². The van der Waals surface area contributed by atoms with Crippen LogP contribution < -0.4 is 15.8 Å². The maximum absolute atomic E-state index is 12.4. The van der Waals surface area contributed by atoms with Crippen LogP contribution in [0.25, 0.3) is 0 Å². The average Bonchev–Trinajstić information content (AvgIpc) is 2.55. The molecule has 0 aromatic heterocycles. The number of nitrogens with two attached hydrogens (primary N) is 1. The molecule has 1 unspecified atom stereocenters. The molecule has 5 nitrogen and oxygen atoms in total. The Morgan fingerprint density at radius 1 is 1.45 bits per heavy atom. The van der Waals surface area contributed by atoms with Gasteiger partial charge in [-0.2, -0.15) is 0 Å². The van der Waals surface area contributed by atoms with Crippen LogP contribution in [-0.4, -0.2) is 38.3 Å². The Kier molecular flexibility index (Phi) is 6.06. The predicted molar refractivity (Wildman–Crippen MR) is 86.1 cm³/mol. The molecule has 0 radical (unpaired) electrons. The Labute approximate surface area is 136 Å². The second-order valence-electron chi connectivity index (χ2n) is 5.67. The number of carbonyl (C=O) groups is 1. The third-order valence-electron chi connectivity index (χ3n) is 4.04. The zero-order valence-corrected chi connectivity index (χ0v) is 13.6. The van der Waals surface area contributed by atoms with E-state index in [-0.39, 0.29) is 12.0 Å². The summed E-state index contributed by atoms with van der Waals surface area (Å²) in [6.07, 6.45) is 1.14. The standard InChI is InChI=1S/C16H23ClN2O3/c1-12(22-14-5-3-2-4-13(14)17)10-19-15(20)16(11-18)6-8-21-9-7-16/h2-5,12H,6-11,18H2,1H3,(H,19,20). The third-order valence-corrected chi connectivity index (χ3v) is 4.35. The van der Waals surface area contributed by atoms with Gasteiger partial charge in [0.1, 0.15) is 11.9 Å². The molecule has 1 aliphatic rings. The van der Waals surface area contributed by atoms with Crippen LogP contribution in [-0.2, 0) is 9.53 Å². The van der Waals surface area contributed by atoms with E-state index in [9.17, 15) is 4.79 Å². The normalized spacial score (nSPS) is 18.5. The second kappa shape index (κ2) is 7.81. The Bertz CT molecular complexity index is 504. The van der Waals surface area contributed by atoms with Gasteiger partial charge in [-0.1, -0.05) is 23.7 Å². The van der Waals surface area contributed by atoms with Gasteiger partial charge < -0.3 is 20.5 Å². The zero-order valence-electron chi connectivity index (χ0n) is 12.8. The van der Waals surface area contributed by atoms with Gasteiger partial charge in [0.15, 0.2) is 0 Å². The highest BCUT2D eigenvalue weighted by Gasteiger charge is 2.38. The summed E-state index contributed by atoms with van der Waals surface area (Å²) >= 11 is 6.05. The minimum atomic E-state index is -0.512. The topological polar surface area (TPSA) is 73.6 Å². The van der Waals surface area contributed by atoms with Crippen LogP contribution in [0.5, 0.6) is 5.75 Å². The van der Waals surface area contributed by atoms with Crippen LogP contribution >= 0.6 is 11.6 Å². The lowest BCUT2D eigenvalue weighted by molar-refractivity contribution is -0.136. The molecule has 0 aliphatic carbocycles. The molecule has 0 spiro atoms. The first kappa shape index (κ1) is 17.1. The molecule has 0 bridgehead atoms. The minimum Gasteiger partial charge on any atom is -0.487 e. The molecule has 1 atom stereocenters. The van der Waals surface area contributed by atoms with Crippen molar-refractivity contribution in [3.05, 3.63) is 29.3 Å². The summed E-state index contributed by atoms with van der Waals surface area (Å²) in [5.74, 6) is 0.596. The summed E-state index contributed by atoms with van der Waals surface area (Å²) in [6, 6.07) is 7.28. The molecule has 1 aromatic carbocycles. The first-order valence-electron chi connectivity index (χ1n) is 7.55. The van der Waals surface area contributed by atoms with E-state index in [4.69, 9.17) is 26.8 Å². The number of halogens is 1. The molecule has 3 N–H and O–H groups in total. The molecule has 1 aromatic rings. The smallest absolute Gasteiger partial charge is 0.227 e. The summed E-state index contributed by atoms with van der Waals surface area (Å²) in [5, 5.41) is 3.50. The number of ether oxygens (including phenoxy) is 2. The maximum atomic E-state index is 12.4. The Hall–Kier alpha value is -1.30. The number of hydrogen-bond donors (Lipinski definition) is 2. The lowest BCUT2D eigenvalue weighted by Gasteiger charge is -2.34. The highest BCUT2D eigenvalue weighted by molar-refractivity contribution is 6.32. The van der Waals surface area contributed by atoms with Crippen LogP contribution in [0.15, 0.2) is 24.3 Å². The van der Waals surface area contributed by atoms with E-state index in [1.165, 1.54) is 0 Å². The van der Waals surface area contributed by atoms with Gasteiger partial charge in [-0.3, -0.25) is 4.79 Å². The number of para-hydroxylation sites is 1. The van der Waals surface area contributed by atoms with Gasteiger partial charge in [-0.15, -0.1) is 0 Å². The molecule has 1 aliphatic heterocycles. The van der Waals surface area contributed by atoms with Gasteiger partial charge in [0.25, 0.3) is 0 Å². The first-order chi connectivity index (χ1) is 10.6. The lowest BCUT2D eigenvalue weighted by atomic mass is 9.79. The van der Waals surface area contributed by atoms with Crippen molar-refractivity contribution in [3.8, 4) is 5.75 Å². The van der Waals surface area contributed by atoms with Crippen molar-refractivity contribution in [3.63, 3.8) is 0 Å². The molecule has 22 heavy (non-hydrogen) atoms. The average molecular weight is 327 g/mol. The Morgan fingerprint density at radius 3 is 2.77 bits per heavy atom. The molecule has 122 valence electrons. The van der Waals surface area contributed by atoms with Gasteiger partial charge in [0.2, 0.25) is 5.91 Å². The van der Waals surface area contributed by atoms with Crippen LogP contribution in [0.1, 0.15) is 19.8 Å². The number of nitrogens with one attached hydrogen (secondary N) is 1. The van der Waals surface area contributed by atoms with Crippen molar-refractivity contribution in [2.75, 3.05) is 26.3 Å². The number of amides is 1. The molecular formula is C16H23ClN2O3. The van der Waals surface area contributed by atoms with Crippen molar-refractivity contribution in [2.45, 2.75) is 25.9 Å². The Balaban J connectivity index is 1.86. The van der Waals surface area contributed by atoms with Crippen LogP contribution in [0.4, 0.5) is 0 Å². The summed E-state index contributed by atoms with van der Waals surface area (Å²) in [6.45, 7) is 3.80. The number of benzene rings is 1. The van der Waals surface area contributed by atoms with Crippen molar-refractivity contribution >= 4 is 17.5 Å². The molecule has 0 saturated carbocycles. The summed E-state index contributed by atoms with van der Waals surface area (Å²) in [4.78, 5) is 12.4. The van der Waals surface area contributed by atoms with Gasteiger partial charge in [-0.25, -0.2) is 0 Å². The molecule has 1 saturated heterocycles. The van der Waals surface area contributed by atoms with Gasteiger partial charge >= 0.3 is 0 Å². The maximum Gasteiger partial charge on any atom is 0.227 e. The van der Waals surface area contributed by atoms with Gasteiger partial charge in [-0.05, 0) is 31.9 Å². The zero-order chi connectivity index (χ0) is 16.0. The minimum absolute atomic E-state index is 0.0205. The SMILES string of the molecule is CC(CNC(=O)C1(CN)CCOCC1)Oc1ccccc1Cl. The molecule has 1 amide bonds. The van der Waals surface area contributed by atoms with Crippen molar-refractivity contribution < 1.29 is 14.3 Å². The summed E-state index contributed by atoms with van der Waals surface area (Å²) in [7, 11) is 0. The van der Waals surface area contributed by atoms with Crippen molar-refractivity contribution in [2.24, 2.45) is 11.1 Å². The van der Waals surface area contributed by atoms with E-state index in [2.05, 4.69) is 5.32 Å². The van der Waals surface area contributed by atoms with E-state index in [0.29, 0.717) is 49.9 Å². The fourth-order valence-electron chi connectivity index (χ4n) is 2.51. The fraction of sp³-hybridized carbons (Fsp3) is 0.562. The highest BCUT2D eigenvalue weighted by atomic mass is 35.5. The van der Waals surface area contributed by atoms with E-state index >= 15 is 0 Å². The van der Waals surface area contributed by atoms with Crippen LogP contribution in [0.2, 0.25) is 5.02 Å². The van der Waals surface area contributed by atoms with E-state index < -0.39 is 5.41 Å². The molecule has 6 heteroatoms. The molecule has 2 rings (SSSR count).